The molecule has 8 nitrogen and oxygen atoms in total. The van der Waals surface area contributed by atoms with Gasteiger partial charge in [-0.05, 0) is 54.8 Å². The second-order valence-corrected chi connectivity index (χ2v) is 9.76. The monoisotopic (exact) mass is 517 g/mol. The van der Waals surface area contributed by atoms with Crippen LogP contribution in [0.2, 0.25) is 0 Å². The van der Waals surface area contributed by atoms with E-state index in [0.29, 0.717) is 30.0 Å². The number of carbonyl (C=O) groups is 3. The van der Waals surface area contributed by atoms with E-state index in [1.807, 2.05) is 38.9 Å². The first-order valence-electron chi connectivity index (χ1n) is 12.5. The van der Waals surface area contributed by atoms with E-state index < -0.39 is 29.7 Å². The molecule has 0 aliphatic carbocycles. The molecular weight excluding hydrogens is 485 g/mol. The zero-order chi connectivity index (χ0) is 27.4. The zero-order valence-electron chi connectivity index (χ0n) is 21.9. The summed E-state index contributed by atoms with van der Waals surface area (Å²) in [6.07, 6.45) is 0.671. The van der Waals surface area contributed by atoms with Crippen LogP contribution in [-0.2, 0) is 9.59 Å². The first-order valence-corrected chi connectivity index (χ1v) is 12.5. The summed E-state index contributed by atoms with van der Waals surface area (Å²) in [7, 11) is 3.76. The van der Waals surface area contributed by atoms with Crippen LogP contribution in [0.3, 0.4) is 0 Å². The van der Waals surface area contributed by atoms with Gasteiger partial charge >= 0.3 is 6.03 Å². The molecule has 1 atom stereocenters. The number of anilines is 5. The number of hydrogen-bond donors (Lipinski definition) is 2. The number of amides is 4. The van der Waals surface area contributed by atoms with Gasteiger partial charge in [-0.2, -0.15) is 0 Å². The first-order chi connectivity index (χ1) is 18.2. The number of nitrogens with zero attached hydrogens (tertiary/aromatic N) is 3. The Labute approximate surface area is 222 Å². The minimum atomic E-state index is -1.58. The number of urea groups is 1. The minimum Gasteiger partial charge on any atom is -0.378 e. The predicted octanol–water partition coefficient (Wildman–Crippen LogP) is 5.14. The molecule has 1 aliphatic heterocycles. The van der Waals surface area contributed by atoms with E-state index in [1.54, 1.807) is 48.5 Å². The molecule has 0 spiro atoms. The summed E-state index contributed by atoms with van der Waals surface area (Å²) in [5, 5.41) is 5.26. The van der Waals surface area contributed by atoms with Crippen molar-refractivity contribution in [1.82, 2.24) is 5.32 Å². The second-order valence-electron chi connectivity index (χ2n) is 9.76. The highest BCUT2D eigenvalue weighted by Crippen LogP contribution is 2.39. The number of rotatable bonds is 7. The molecule has 38 heavy (non-hydrogen) atoms. The van der Waals surface area contributed by atoms with Gasteiger partial charge in [0.15, 0.2) is 6.04 Å². The van der Waals surface area contributed by atoms with E-state index in [0.717, 1.165) is 5.69 Å². The van der Waals surface area contributed by atoms with Crippen molar-refractivity contribution in [3.05, 3.63) is 78.6 Å². The van der Waals surface area contributed by atoms with Crippen LogP contribution in [0.15, 0.2) is 72.8 Å². The first kappa shape index (κ1) is 26.7. The van der Waals surface area contributed by atoms with Crippen LogP contribution in [0.1, 0.15) is 20.3 Å². The van der Waals surface area contributed by atoms with Crippen LogP contribution in [0.25, 0.3) is 0 Å². The fraction of sp³-hybridized carbons (Fsp3) is 0.276. The third-order valence-electron chi connectivity index (χ3n) is 6.31. The molecule has 0 saturated heterocycles. The van der Waals surface area contributed by atoms with Crippen molar-refractivity contribution in [3.63, 3.8) is 0 Å². The van der Waals surface area contributed by atoms with E-state index in [9.17, 15) is 14.4 Å². The van der Waals surface area contributed by atoms with Gasteiger partial charge in [0.05, 0.1) is 17.1 Å². The van der Waals surface area contributed by atoms with Crippen molar-refractivity contribution >= 4 is 46.3 Å². The summed E-state index contributed by atoms with van der Waals surface area (Å²) in [5.74, 6) is -1.67. The average molecular weight is 518 g/mol. The van der Waals surface area contributed by atoms with Crippen molar-refractivity contribution in [2.75, 3.05) is 40.7 Å². The van der Waals surface area contributed by atoms with Gasteiger partial charge in [-0.3, -0.25) is 14.5 Å². The van der Waals surface area contributed by atoms with Crippen molar-refractivity contribution in [1.29, 1.82) is 0 Å². The summed E-state index contributed by atoms with van der Waals surface area (Å²) in [6.45, 7) is 4.41. The topological polar surface area (TPSA) is 85.0 Å². The number of hydrogen-bond acceptors (Lipinski definition) is 4. The lowest BCUT2D eigenvalue weighted by molar-refractivity contribution is -0.128. The third-order valence-corrected chi connectivity index (χ3v) is 6.31. The standard InChI is InChI=1S/C29H32FN5O3/c1-19(2)16-17-34-24-14-7-8-15-25(24)35(23-13-6-5-12-22(23)30)28(37)26(27(34)36)32-29(38)31-20-10-9-11-21(18-20)33(3)4/h5-15,18-19,26H,16-17H2,1-4H3,(H2,31,32,38). The Morgan fingerprint density at radius 3 is 2.24 bits per heavy atom. The lowest BCUT2D eigenvalue weighted by atomic mass is 10.1. The fourth-order valence-electron chi connectivity index (χ4n) is 4.29. The molecule has 1 unspecified atom stereocenters. The molecule has 1 heterocycles. The Balaban J connectivity index is 1.74. The van der Waals surface area contributed by atoms with Crippen molar-refractivity contribution in [3.8, 4) is 0 Å². The Hall–Kier alpha value is -4.40. The van der Waals surface area contributed by atoms with E-state index in [2.05, 4.69) is 10.6 Å². The number of nitrogens with one attached hydrogen (secondary N) is 2. The maximum absolute atomic E-state index is 15.0. The molecular formula is C29H32FN5O3. The maximum atomic E-state index is 15.0. The highest BCUT2D eigenvalue weighted by Gasteiger charge is 2.42. The largest absolute Gasteiger partial charge is 0.378 e. The van der Waals surface area contributed by atoms with Crippen LogP contribution in [0, 0.1) is 11.7 Å². The molecule has 0 fully saturated rings. The second kappa shape index (κ2) is 11.3. The number of halogens is 1. The van der Waals surface area contributed by atoms with Gasteiger partial charge in [-0.15, -0.1) is 0 Å². The van der Waals surface area contributed by atoms with Crippen LogP contribution in [-0.4, -0.2) is 44.5 Å². The molecule has 1 aliphatic rings. The Morgan fingerprint density at radius 2 is 1.58 bits per heavy atom. The zero-order valence-corrected chi connectivity index (χ0v) is 21.9. The van der Waals surface area contributed by atoms with Gasteiger partial charge in [0.25, 0.3) is 11.8 Å². The van der Waals surface area contributed by atoms with Crippen LogP contribution in [0.4, 0.5) is 37.6 Å². The summed E-state index contributed by atoms with van der Waals surface area (Å²) in [6, 6.07) is 17.6. The average Bonchev–Trinajstić information content (AvgIpc) is 2.96. The lowest BCUT2D eigenvalue weighted by Gasteiger charge is -2.26. The van der Waals surface area contributed by atoms with Crippen molar-refractivity contribution in [2.45, 2.75) is 26.3 Å². The number of carbonyl (C=O) groups excluding carboxylic acids is 3. The van der Waals surface area contributed by atoms with E-state index >= 15 is 4.39 Å². The van der Waals surface area contributed by atoms with Gasteiger partial charge < -0.3 is 20.4 Å². The molecule has 3 aromatic rings. The van der Waals surface area contributed by atoms with E-state index in [4.69, 9.17) is 0 Å². The summed E-state index contributed by atoms with van der Waals surface area (Å²) in [4.78, 5) is 45.4. The van der Waals surface area contributed by atoms with E-state index in [1.165, 1.54) is 28.0 Å². The van der Waals surface area contributed by atoms with Crippen molar-refractivity contribution < 1.29 is 18.8 Å². The molecule has 2 N–H and O–H groups in total. The Bertz CT molecular complexity index is 1340. The van der Waals surface area contributed by atoms with Gasteiger partial charge in [-0.1, -0.05) is 44.2 Å². The summed E-state index contributed by atoms with van der Waals surface area (Å²) in [5.41, 5.74) is 2.19. The highest BCUT2D eigenvalue weighted by atomic mass is 19.1. The molecule has 3 aromatic carbocycles. The minimum absolute atomic E-state index is 0.00523. The highest BCUT2D eigenvalue weighted by molar-refractivity contribution is 6.24. The van der Waals surface area contributed by atoms with Gasteiger partial charge in [-0.25, -0.2) is 9.18 Å². The molecule has 0 saturated carbocycles. The molecule has 0 radical (unpaired) electrons. The molecule has 198 valence electrons. The van der Waals surface area contributed by atoms with Crippen LogP contribution < -0.4 is 25.3 Å². The Morgan fingerprint density at radius 1 is 0.921 bits per heavy atom. The lowest BCUT2D eigenvalue weighted by Crippen LogP contribution is -2.55. The Kier molecular flexibility index (Phi) is 7.95. The van der Waals surface area contributed by atoms with Gasteiger partial charge in [0.2, 0.25) is 0 Å². The maximum Gasteiger partial charge on any atom is 0.320 e. The summed E-state index contributed by atoms with van der Waals surface area (Å²) < 4.78 is 15.0. The quantitative estimate of drug-likeness (QED) is 0.425. The third kappa shape index (κ3) is 5.61. The smallest absolute Gasteiger partial charge is 0.320 e. The van der Waals surface area contributed by atoms with Gasteiger partial charge in [0, 0.05) is 32.0 Å². The molecule has 0 bridgehead atoms. The van der Waals surface area contributed by atoms with Crippen LogP contribution in [0.5, 0.6) is 0 Å². The van der Waals surface area contributed by atoms with Gasteiger partial charge in [0.1, 0.15) is 5.82 Å². The number of para-hydroxylation sites is 3. The predicted molar refractivity (Wildman–Crippen MR) is 149 cm³/mol. The normalized spacial score (nSPS) is 15.3. The molecule has 4 amide bonds. The summed E-state index contributed by atoms with van der Waals surface area (Å²) >= 11 is 0. The fourth-order valence-corrected chi connectivity index (χ4v) is 4.29. The molecule has 9 heteroatoms. The van der Waals surface area contributed by atoms with Crippen LogP contribution >= 0.6 is 0 Å². The number of fused-ring (bicyclic) bond motifs is 1. The SMILES string of the molecule is CC(C)CCN1C(=O)C(NC(=O)Nc2cccc(N(C)C)c2)C(=O)N(c2ccccc2F)c2ccccc21. The van der Waals surface area contributed by atoms with Crippen molar-refractivity contribution in [2.24, 2.45) is 5.92 Å². The van der Waals surface area contributed by atoms with E-state index in [-0.39, 0.29) is 11.6 Å². The number of benzene rings is 3. The molecule has 4 rings (SSSR count). The molecule has 0 aromatic heterocycles.